The fourth-order valence-electron chi connectivity index (χ4n) is 3.41. The van der Waals surface area contributed by atoms with E-state index in [1.54, 1.807) is 30.3 Å². The number of hydrogen-bond donors (Lipinski definition) is 1. The first-order valence-electron chi connectivity index (χ1n) is 8.27. The topological polar surface area (TPSA) is 63.6 Å². The van der Waals surface area contributed by atoms with Crippen molar-refractivity contribution in [3.8, 4) is 11.5 Å². The van der Waals surface area contributed by atoms with Crippen molar-refractivity contribution in [2.45, 2.75) is 6.42 Å². The number of ether oxygens (including phenoxy) is 1. The van der Waals surface area contributed by atoms with E-state index in [-0.39, 0.29) is 39.6 Å². The lowest BCUT2D eigenvalue weighted by molar-refractivity contribution is 0.0974. The minimum Gasteiger partial charge on any atom is -0.507 e. The lowest BCUT2D eigenvalue weighted by Gasteiger charge is -2.21. The van der Waals surface area contributed by atoms with Gasteiger partial charge >= 0.3 is 0 Å². The number of benzene rings is 3. The van der Waals surface area contributed by atoms with Crippen LogP contribution in [0, 0.1) is 0 Å². The van der Waals surface area contributed by atoms with E-state index in [1.165, 1.54) is 7.11 Å². The van der Waals surface area contributed by atoms with Crippen LogP contribution in [-0.4, -0.2) is 23.8 Å². The van der Waals surface area contributed by atoms with Gasteiger partial charge in [-0.2, -0.15) is 0 Å². The SMILES string of the molecule is COc1cccc2c1C(=O)c1ccc(Cc3ccccc3)c(O)c1C2=O. The number of aromatic hydroxyl groups is 1. The minimum atomic E-state index is -0.360. The van der Waals surface area contributed by atoms with Crippen molar-refractivity contribution < 1.29 is 19.4 Å². The molecule has 0 saturated heterocycles. The van der Waals surface area contributed by atoms with E-state index in [2.05, 4.69) is 0 Å². The van der Waals surface area contributed by atoms with E-state index in [0.29, 0.717) is 17.7 Å². The first kappa shape index (κ1) is 16.1. The third kappa shape index (κ3) is 2.39. The van der Waals surface area contributed by atoms with Gasteiger partial charge in [0.1, 0.15) is 11.5 Å². The van der Waals surface area contributed by atoms with Crippen molar-refractivity contribution in [2.24, 2.45) is 0 Å². The predicted octanol–water partition coefficient (Wildman–Crippen LogP) is 3.77. The molecule has 3 aromatic rings. The lowest BCUT2D eigenvalue weighted by atomic mass is 9.81. The molecule has 1 aliphatic carbocycles. The van der Waals surface area contributed by atoms with Gasteiger partial charge < -0.3 is 9.84 Å². The van der Waals surface area contributed by atoms with Gasteiger partial charge in [-0.05, 0) is 23.3 Å². The molecule has 0 unspecified atom stereocenters. The van der Waals surface area contributed by atoms with E-state index in [1.807, 2.05) is 30.3 Å². The Morgan fingerprint density at radius 2 is 1.50 bits per heavy atom. The van der Waals surface area contributed by atoms with Gasteiger partial charge in [0.25, 0.3) is 0 Å². The Labute approximate surface area is 150 Å². The summed E-state index contributed by atoms with van der Waals surface area (Å²) in [5.41, 5.74) is 2.42. The molecule has 4 heteroatoms. The molecule has 3 aromatic carbocycles. The summed E-state index contributed by atoms with van der Waals surface area (Å²) in [6.07, 6.45) is 0.479. The van der Waals surface area contributed by atoms with Crippen molar-refractivity contribution in [3.05, 3.63) is 94.0 Å². The first-order valence-corrected chi connectivity index (χ1v) is 8.27. The maximum absolute atomic E-state index is 13.0. The van der Waals surface area contributed by atoms with Gasteiger partial charge in [0.15, 0.2) is 11.6 Å². The molecule has 0 spiro atoms. The molecular formula is C22H16O4. The van der Waals surface area contributed by atoms with Gasteiger partial charge in [0, 0.05) is 17.5 Å². The summed E-state index contributed by atoms with van der Waals surface area (Å²) in [4.78, 5) is 25.9. The highest BCUT2D eigenvalue weighted by atomic mass is 16.5. The number of carbonyl (C=O) groups excluding carboxylic acids is 2. The molecule has 0 bridgehead atoms. The van der Waals surface area contributed by atoms with Crippen molar-refractivity contribution >= 4 is 11.6 Å². The fourth-order valence-corrected chi connectivity index (χ4v) is 3.41. The number of rotatable bonds is 3. The van der Waals surface area contributed by atoms with Crippen LogP contribution < -0.4 is 4.74 Å². The van der Waals surface area contributed by atoms with Crippen molar-refractivity contribution in [1.29, 1.82) is 0 Å². The second kappa shape index (κ2) is 6.15. The third-order valence-corrected chi connectivity index (χ3v) is 4.69. The number of carbonyl (C=O) groups is 2. The van der Waals surface area contributed by atoms with Crippen LogP contribution in [0.15, 0.2) is 60.7 Å². The van der Waals surface area contributed by atoms with Crippen LogP contribution in [0.25, 0.3) is 0 Å². The molecule has 0 saturated carbocycles. The highest BCUT2D eigenvalue weighted by molar-refractivity contribution is 6.30. The van der Waals surface area contributed by atoms with Gasteiger partial charge in [-0.1, -0.05) is 48.5 Å². The van der Waals surface area contributed by atoms with Crippen LogP contribution in [-0.2, 0) is 6.42 Å². The van der Waals surface area contributed by atoms with Crippen LogP contribution in [0.2, 0.25) is 0 Å². The molecule has 4 rings (SSSR count). The van der Waals surface area contributed by atoms with Gasteiger partial charge in [0.2, 0.25) is 0 Å². The van der Waals surface area contributed by atoms with Crippen LogP contribution in [0.5, 0.6) is 11.5 Å². The summed E-state index contributed by atoms with van der Waals surface area (Å²) in [5, 5.41) is 10.7. The van der Waals surface area contributed by atoms with Crippen LogP contribution in [0.3, 0.4) is 0 Å². The standard InChI is InChI=1S/C22H16O4/c1-26-17-9-5-8-15-18(17)21(24)16-11-10-14(20(23)19(16)22(15)25)12-13-6-3-2-4-7-13/h2-11,23H,12H2,1H3. The second-order valence-electron chi connectivity index (χ2n) is 6.20. The summed E-state index contributed by atoms with van der Waals surface area (Å²) in [6.45, 7) is 0. The maximum Gasteiger partial charge on any atom is 0.198 e. The molecule has 0 radical (unpaired) electrons. The molecule has 1 aliphatic rings. The fraction of sp³-hybridized carbons (Fsp3) is 0.0909. The molecule has 0 atom stereocenters. The summed E-state index contributed by atoms with van der Waals surface area (Å²) in [5.74, 6) is -0.438. The van der Waals surface area contributed by atoms with E-state index in [0.717, 1.165) is 5.56 Å². The Balaban J connectivity index is 1.85. The lowest BCUT2D eigenvalue weighted by Crippen LogP contribution is -2.22. The summed E-state index contributed by atoms with van der Waals surface area (Å²) in [7, 11) is 1.46. The molecule has 0 amide bonds. The smallest absolute Gasteiger partial charge is 0.198 e. The summed E-state index contributed by atoms with van der Waals surface area (Å²) < 4.78 is 5.24. The Kier molecular flexibility index (Phi) is 3.81. The molecule has 0 aliphatic heterocycles. The Morgan fingerprint density at radius 1 is 0.808 bits per heavy atom. The molecule has 0 aromatic heterocycles. The van der Waals surface area contributed by atoms with E-state index in [4.69, 9.17) is 4.74 Å². The molecular weight excluding hydrogens is 328 g/mol. The van der Waals surface area contributed by atoms with Crippen LogP contribution in [0.1, 0.15) is 43.0 Å². The number of hydrogen-bond acceptors (Lipinski definition) is 4. The van der Waals surface area contributed by atoms with Crippen molar-refractivity contribution in [3.63, 3.8) is 0 Å². The van der Waals surface area contributed by atoms with Gasteiger partial charge in [-0.25, -0.2) is 0 Å². The number of phenolic OH excluding ortho intramolecular Hbond substituents is 1. The average Bonchev–Trinajstić information content (AvgIpc) is 2.67. The Morgan fingerprint density at radius 3 is 2.23 bits per heavy atom. The number of phenols is 1. The van der Waals surface area contributed by atoms with Gasteiger partial charge in [0.05, 0.1) is 18.2 Å². The Hall–Kier alpha value is -3.40. The highest BCUT2D eigenvalue weighted by Crippen LogP contribution is 2.38. The van der Waals surface area contributed by atoms with Crippen LogP contribution >= 0.6 is 0 Å². The van der Waals surface area contributed by atoms with E-state index < -0.39 is 0 Å². The number of fused-ring (bicyclic) bond motifs is 2. The average molecular weight is 344 g/mol. The highest BCUT2D eigenvalue weighted by Gasteiger charge is 2.34. The minimum absolute atomic E-state index is 0.0733. The molecule has 1 N–H and O–H groups in total. The molecule has 128 valence electrons. The molecule has 4 nitrogen and oxygen atoms in total. The second-order valence-corrected chi connectivity index (χ2v) is 6.20. The zero-order chi connectivity index (χ0) is 18.3. The van der Waals surface area contributed by atoms with Crippen molar-refractivity contribution in [1.82, 2.24) is 0 Å². The van der Waals surface area contributed by atoms with Crippen molar-refractivity contribution in [2.75, 3.05) is 7.11 Å². The zero-order valence-corrected chi connectivity index (χ0v) is 14.2. The van der Waals surface area contributed by atoms with E-state index in [9.17, 15) is 14.7 Å². The third-order valence-electron chi connectivity index (χ3n) is 4.69. The molecule has 0 heterocycles. The number of methoxy groups -OCH3 is 1. The summed E-state index contributed by atoms with van der Waals surface area (Å²) >= 11 is 0. The van der Waals surface area contributed by atoms with Gasteiger partial charge in [-0.3, -0.25) is 9.59 Å². The van der Waals surface area contributed by atoms with E-state index >= 15 is 0 Å². The largest absolute Gasteiger partial charge is 0.507 e. The van der Waals surface area contributed by atoms with Crippen LogP contribution in [0.4, 0.5) is 0 Å². The zero-order valence-electron chi connectivity index (χ0n) is 14.2. The first-order chi connectivity index (χ1) is 12.6. The normalized spacial score (nSPS) is 12.5. The summed E-state index contributed by atoms with van der Waals surface area (Å²) in [6, 6.07) is 17.9. The number of ketones is 2. The Bertz CT molecular complexity index is 1040. The quantitative estimate of drug-likeness (QED) is 0.614. The monoisotopic (exact) mass is 344 g/mol. The molecule has 26 heavy (non-hydrogen) atoms. The predicted molar refractivity (Wildman–Crippen MR) is 97.2 cm³/mol. The molecule has 0 fully saturated rings. The maximum atomic E-state index is 13.0. The van der Waals surface area contributed by atoms with Gasteiger partial charge in [-0.15, -0.1) is 0 Å².